The third kappa shape index (κ3) is 5.08. The second kappa shape index (κ2) is 8.22. The zero-order valence-electron chi connectivity index (χ0n) is 15.1. The monoisotopic (exact) mass is 449 g/mol. The molecule has 160 valence electrons. The molecule has 0 radical (unpaired) electrons. The Morgan fingerprint density at radius 1 is 0.967 bits per heavy atom. The van der Waals surface area contributed by atoms with Gasteiger partial charge in [0.2, 0.25) is 0 Å². The van der Waals surface area contributed by atoms with Crippen LogP contribution in [0, 0.1) is 0 Å². The van der Waals surface area contributed by atoms with E-state index in [9.17, 15) is 31.1 Å². The van der Waals surface area contributed by atoms with Crippen LogP contribution in [-0.4, -0.2) is 17.6 Å². The number of ether oxygens (including phenoxy) is 1. The lowest BCUT2D eigenvalue weighted by atomic mass is 10.0. The van der Waals surface area contributed by atoms with Crippen LogP contribution in [0.25, 0.3) is 10.9 Å². The molecule has 0 amide bonds. The largest absolute Gasteiger partial charge is 0.462 e. The molecule has 3 aromatic rings. The lowest BCUT2D eigenvalue weighted by molar-refractivity contribution is -0.143. The maximum Gasteiger partial charge on any atom is 0.416 e. The summed E-state index contributed by atoms with van der Waals surface area (Å²) in [7, 11) is 0. The molecule has 0 fully saturated rings. The van der Waals surface area contributed by atoms with E-state index >= 15 is 0 Å². The first-order valence-electron chi connectivity index (χ1n) is 8.67. The lowest BCUT2D eigenvalue weighted by Gasteiger charge is -2.14. The number of alkyl halides is 6. The van der Waals surface area contributed by atoms with E-state index in [2.05, 4.69) is 4.98 Å². The molecular formula is C20H14ClF6NO2. The van der Waals surface area contributed by atoms with Crippen LogP contribution in [0.2, 0.25) is 5.02 Å². The van der Waals surface area contributed by atoms with Gasteiger partial charge in [-0.25, -0.2) is 4.79 Å². The summed E-state index contributed by atoms with van der Waals surface area (Å²) in [5.74, 6) is -1.26. The predicted molar refractivity (Wildman–Crippen MR) is 98.4 cm³/mol. The average Bonchev–Trinajstić information content (AvgIpc) is 3.05. The van der Waals surface area contributed by atoms with E-state index in [1.165, 1.54) is 0 Å². The Kier molecular flexibility index (Phi) is 6.03. The first-order valence-corrected chi connectivity index (χ1v) is 9.05. The van der Waals surface area contributed by atoms with Gasteiger partial charge in [-0.2, -0.15) is 26.3 Å². The van der Waals surface area contributed by atoms with Gasteiger partial charge in [0.1, 0.15) is 0 Å². The summed E-state index contributed by atoms with van der Waals surface area (Å²) in [5.41, 5.74) is -2.20. The fraction of sp³-hybridized carbons (Fsp3) is 0.250. The van der Waals surface area contributed by atoms with Crippen LogP contribution in [0.4, 0.5) is 26.3 Å². The van der Waals surface area contributed by atoms with E-state index < -0.39 is 35.0 Å². The van der Waals surface area contributed by atoms with Gasteiger partial charge in [-0.15, -0.1) is 0 Å². The molecule has 0 bridgehead atoms. The van der Waals surface area contributed by atoms with Crippen molar-refractivity contribution in [2.75, 3.05) is 6.61 Å². The minimum absolute atomic E-state index is 0.0427. The van der Waals surface area contributed by atoms with Crippen molar-refractivity contribution in [3.63, 3.8) is 0 Å². The van der Waals surface area contributed by atoms with Crippen molar-refractivity contribution in [2.24, 2.45) is 0 Å². The number of halogens is 7. The minimum atomic E-state index is -5.03. The van der Waals surface area contributed by atoms with E-state index in [1.54, 1.807) is 24.4 Å². The van der Waals surface area contributed by atoms with Gasteiger partial charge in [-0.3, -0.25) is 0 Å². The highest BCUT2D eigenvalue weighted by Crippen LogP contribution is 2.36. The summed E-state index contributed by atoms with van der Waals surface area (Å²) < 4.78 is 82.2. The SMILES string of the molecule is O=C(OCCCc1c[nH]c2ccc(Cl)cc12)c1cc(C(F)(F)F)cc(C(F)(F)F)c1. The van der Waals surface area contributed by atoms with Gasteiger partial charge in [0, 0.05) is 22.1 Å². The Labute approximate surface area is 171 Å². The van der Waals surface area contributed by atoms with Gasteiger partial charge in [-0.05, 0) is 54.8 Å². The highest BCUT2D eigenvalue weighted by atomic mass is 35.5. The molecule has 30 heavy (non-hydrogen) atoms. The number of benzene rings is 2. The van der Waals surface area contributed by atoms with Crippen LogP contribution < -0.4 is 0 Å². The predicted octanol–water partition coefficient (Wildman–Crippen LogP) is 6.65. The number of H-pyrrole nitrogens is 1. The number of carbonyl (C=O) groups is 1. The molecule has 0 aliphatic heterocycles. The zero-order chi connectivity index (χ0) is 22.1. The molecular weight excluding hydrogens is 436 g/mol. The Bertz CT molecular complexity index is 1040. The topological polar surface area (TPSA) is 42.1 Å². The molecule has 3 rings (SSSR count). The van der Waals surface area contributed by atoms with Gasteiger partial charge in [0.15, 0.2) is 0 Å². The van der Waals surface area contributed by atoms with Crippen molar-refractivity contribution in [3.8, 4) is 0 Å². The Morgan fingerprint density at radius 2 is 1.60 bits per heavy atom. The van der Waals surface area contributed by atoms with Crippen LogP contribution in [0.5, 0.6) is 0 Å². The molecule has 0 aliphatic rings. The molecule has 0 saturated heterocycles. The summed E-state index contributed by atoms with van der Waals surface area (Å²) in [5, 5.41) is 1.42. The van der Waals surface area contributed by atoms with Crippen LogP contribution in [0.3, 0.4) is 0 Å². The molecule has 1 aromatic heterocycles. The first-order chi connectivity index (χ1) is 13.9. The fourth-order valence-corrected chi connectivity index (χ4v) is 3.11. The van der Waals surface area contributed by atoms with Crippen LogP contribution >= 0.6 is 11.6 Å². The molecule has 0 saturated carbocycles. The minimum Gasteiger partial charge on any atom is -0.462 e. The number of hydrogen-bond acceptors (Lipinski definition) is 2. The highest BCUT2D eigenvalue weighted by Gasteiger charge is 2.37. The molecule has 1 N–H and O–H groups in total. The number of aromatic nitrogens is 1. The quantitative estimate of drug-likeness (QED) is 0.269. The Balaban J connectivity index is 1.67. The maximum absolute atomic E-state index is 12.9. The summed E-state index contributed by atoms with van der Waals surface area (Å²) in [6.45, 7) is -0.177. The Hall–Kier alpha value is -2.68. The number of esters is 1. The number of carbonyl (C=O) groups excluding carboxylic acids is 1. The van der Waals surface area contributed by atoms with E-state index in [4.69, 9.17) is 16.3 Å². The van der Waals surface area contributed by atoms with Crippen molar-refractivity contribution < 1.29 is 35.9 Å². The second-order valence-corrected chi connectivity index (χ2v) is 6.97. The number of nitrogens with one attached hydrogen (secondary N) is 1. The number of rotatable bonds is 5. The smallest absolute Gasteiger partial charge is 0.416 e. The highest BCUT2D eigenvalue weighted by molar-refractivity contribution is 6.31. The molecule has 2 aromatic carbocycles. The summed E-state index contributed by atoms with van der Waals surface area (Å²) in [6, 6.07) is 5.93. The molecule has 10 heteroatoms. The summed E-state index contributed by atoms with van der Waals surface area (Å²) in [6.07, 6.45) is -7.54. The van der Waals surface area contributed by atoms with E-state index in [-0.39, 0.29) is 12.7 Å². The first kappa shape index (κ1) is 22.0. The lowest BCUT2D eigenvalue weighted by Crippen LogP contribution is -2.15. The van der Waals surface area contributed by atoms with Gasteiger partial charge in [0.25, 0.3) is 0 Å². The normalized spacial score (nSPS) is 12.4. The van der Waals surface area contributed by atoms with Crippen LogP contribution in [0.1, 0.15) is 33.5 Å². The summed E-state index contributed by atoms with van der Waals surface area (Å²) in [4.78, 5) is 15.1. The van der Waals surface area contributed by atoms with Crippen molar-refractivity contribution in [1.29, 1.82) is 0 Å². The molecule has 3 nitrogen and oxygen atoms in total. The molecule has 0 spiro atoms. The third-order valence-electron chi connectivity index (χ3n) is 4.38. The molecule has 0 atom stereocenters. The zero-order valence-corrected chi connectivity index (χ0v) is 15.9. The maximum atomic E-state index is 12.9. The standard InChI is InChI=1S/C20H14ClF6NO2/c21-15-3-4-17-16(9-15)11(10-28-17)2-1-5-30-18(29)12-6-13(19(22,23)24)8-14(7-12)20(25,26)27/h3-4,6-10,28H,1-2,5H2. The van der Waals surface area contributed by atoms with E-state index in [0.29, 0.717) is 30.0 Å². The fourth-order valence-electron chi connectivity index (χ4n) is 2.94. The van der Waals surface area contributed by atoms with Gasteiger partial charge in [-0.1, -0.05) is 11.6 Å². The van der Waals surface area contributed by atoms with Crippen molar-refractivity contribution in [3.05, 3.63) is 69.9 Å². The molecule has 0 aliphatic carbocycles. The number of fused-ring (bicyclic) bond motifs is 1. The Morgan fingerprint density at radius 3 is 2.20 bits per heavy atom. The molecule has 1 heterocycles. The average molecular weight is 450 g/mol. The van der Waals surface area contributed by atoms with Crippen LogP contribution in [-0.2, 0) is 23.5 Å². The number of aromatic amines is 1. The summed E-state index contributed by atoms with van der Waals surface area (Å²) >= 11 is 5.96. The number of hydrogen-bond donors (Lipinski definition) is 1. The van der Waals surface area contributed by atoms with Crippen LogP contribution in [0.15, 0.2) is 42.6 Å². The van der Waals surface area contributed by atoms with Crippen molar-refractivity contribution in [2.45, 2.75) is 25.2 Å². The van der Waals surface area contributed by atoms with E-state index in [0.717, 1.165) is 16.5 Å². The van der Waals surface area contributed by atoms with Gasteiger partial charge < -0.3 is 9.72 Å². The van der Waals surface area contributed by atoms with E-state index in [1.807, 2.05) is 0 Å². The van der Waals surface area contributed by atoms with Crippen molar-refractivity contribution in [1.82, 2.24) is 4.98 Å². The third-order valence-corrected chi connectivity index (χ3v) is 4.61. The van der Waals surface area contributed by atoms with Crippen molar-refractivity contribution >= 4 is 28.5 Å². The second-order valence-electron chi connectivity index (χ2n) is 6.54. The molecule has 0 unspecified atom stereocenters. The van der Waals surface area contributed by atoms with Gasteiger partial charge in [0.05, 0.1) is 23.3 Å². The van der Waals surface area contributed by atoms with Gasteiger partial charge >= 0.3 is 18.3 Å². The number of aryl methyl sites for hydroxylation is 1.